The summed E-state index contributed by atoms with van der Waals surface area (Å²) >= 11 is 0. The van der Waals surface area contributed by atoms with Crippen molar-refractivity contribution in [2.24, 2.45) is 0 Å². The van der Waals surface area contributed by atoms with Crippen LogP contribution in [0.2, 0.25) is 0 Å². The number of benzene rings is 8. The van der Waals surface area contributed by atoms with Gasteiger partial charge in [-0.3, -0.25) is 4.57 Å². The van der Waals surface area contributed by atoms with Gasteiger partial charge in [0.1, 0.15) is 11.9 Å². The topological polar surface area (TPSA) is 91.5 Å². The van der Waals surface area contributed by atoms with Crippen LogP contribution < -0.4 is 4.74 Å². The molecule has 8 aromatic carbocycles. The van der Waals surface area contributed by atoms with Crippen LogP contribution in [0, 0.1) is 0 Å². The number of rotatable bonds is 8. The van der Waals surface area contributed by atoms with E-state index in [-0.39, 0.29) is 12.0 Å². The Morgan fingerprint density at radius 3 is 1.56 bits per heavy atom. The molecule has 0 fully saturated rings. The second-order valence-corrected chi connectivity index (χ2v) is 17.0. The molecule has 68 heavy (non-hydrogen) atoms. The van der Waals surface area contributed by atoms with Gasteiger partial charge in [-0.1, -0.05) is 182 Å². The van der Waals surface area contributed by atoms with Gasteiger partial charge in [0.15, 0.2) is 29.1 Å². The van der Waals surface area contributed by atoms with Gasteiger partial charge in [0.05, 0.1) is 17.0 Å². The van der Waals surface area contributed by atoms with Gasteiger partial charge in [0, 0.05) is 44.2 Å². The van der Waals surface area contributed by atoms with Gasteiger partial charge in [-0.25, -0.2) is 19.9 Å². The Morgan fingerprint density at radius 1 is 0.368 bits per heavy atom. The fraction of sp³-hybridized carbons (Fsp3) is 0.0333. The van der Waals surface area contributed by atoms with Crippen LogP contribution in [0.4, 0.5) is 0 Å². The summed E-state index contributed by atoms with van der Waals surface area (Å²) in [6.07, 6.45) is 6.08. The highest BCUT2D eigenvalue weighted by atomic mass is 16.5. The molecule has 13 rings (SSSR count). The lowest BCUT2D eigenvalue weighted by molar-refractivity contribution is 0.271. The molecular weight excluding hydrogens is 835 g/mol. The van der Waals surface area contributed by atoms with E-state index < -0.39 is 0 Å². The van der Waals surface area contributed by atoms with Crippen molar-refractivity contribution in [2.75, 3.05) is 0 Å². The Labute approximate surface area is 392 Å². The molecule has 11 aromatic rings. The lowest BCUT2D eigenvalue weighted by Crippen LogP contribution is -2.21. The predicted octanol–water partition coefficient (Wildman–Crippen LogP) is 13.7. The summed E-state index contributed by atoms with van der Waals surface area (Å²) in [6.45, 7) is 0. The molecule has 0 radical (unpaired) electrons. The van der Waals surface area contributed by atoms with Crippen molar-refractivity contribution in [3.8, 4) is 79.5 Å². The van der Waals surface area contributed by atoms with E-state index in [0.29, 0.717) is 35.1 Å². The van der Waals surface area contributed by atoms with E-state index in [1.165, 1.54) is 5.56 Å². The van der Waals surface area contributed by atoms with Crippen LogP contribution in [0.15, 0.2) is 224 Å². The SMILES string of the molecule is C1=CC2Oc3ccc(-c4cccc(-c5nc(-c6ccccc6)nc(-c6ccccc6)n5)c4)cc3C2C(c2nc(-c3ccccc3)nc(-n3c4ccccc4c4cc(-c5ccccc5)ccc43)n2)=C1. The molecule has 2 aliphatic rings. The van der Waals surface area contributed by atoms with E-state index in [0.717, 1.165) is 77.6 Å². The van der Waals surface area contributed by atoms with Crippen LogP contribution >= 0.6 is 0 Å². The Bertz CT molecular complexity index is 3720. The fourth-order valence-electron chi connectivity index (χ4n) is 9.64. The van der Waals surface area contributed by atoms with Crippen LogP contribution in [0.1, 0.15) is 17.3 Å². The van der Waals surface area contributed by atoms with Gasteiger partial charge >= 0.3 is 0 Å². The van der Waals surface area contributed by atoms with Crippen LogP contribution in [-0.4, -0.2) is 40.6 Å². The Morgan fingerprint density at radius 2 is 0.868 bits per heavy atom. The zero-order valence-electron chi connectivity index (χ0n) is 36.6. The third kappa shape index (κ3) is 6.94. The minimum absolute atomic E-state index is 0.172. The summed E-state index contributed by atoms with van der Waals surface area (Å²) in [6, 6.07) is 70.8. The molecule has 1 aliphatic carbocycles. The number of para-hydroxylation sites is 1. The second kappa shape index (κ2) is 16.4. The molecular formula is C60H39N7O. The molecule has 0 saturated heterocycles. The Hall–Kier alpha value is -9.14. The van der Waals surface area contributed by atoms with E-state index in [9.17, 15) is 0 Å². The minimum Gasteiger partial charge on any atom is -0.485 e. The largest absolute Gasteiger partial charge is 0.485 e. The highest BCUT2D eigenvalue weighted by Crippen LogP contribution is 2.49. The molecule has 2 unspecified atom stereocenters. The van der Waals surface area contributed by atoms with Gasteiger partial charge in [0.25, 0.3) is 0 Å². The van der Waals surface area contributed by atoms with Crippen LogP contribution in [0.5, 0.6) is 5.75 Å². The zero-order chi connectivity index (χ0) is 45.0. The summed E-state index contributed by atoms with van der Waals surface area (Å²) in [4.78, 5) is 30.8. The lowest BCUT2D eigenvalue weighted by atomic mass is 9.83. The first-order chi connectivity index (χ1) is 33.7. The molecule has 8 heteroatoms. The maximum absolute atomic E-state index is 6.71. The average Bonchev–Trinajstić information content (AvgIpc) is 3.97. The summed E-state index contributed by atoms with van der Waals surface area (Å²) in [5, 5.41) is 2.26. The van der Waals surface area contributed by atoms with Gasteiger partial charge in [0.2, 0.25) is 5.95 Å². The Kier molecular flexibility index (Phi) is 9.45. The number of fused-ring (bicyclic) bond motifs is 6. The van der Waals surface area contributed by atoms with Crippen LogP contribution in [0.3, 0.4) is 0 Å². The van der Waals surface area contributed by atoms with E-state index in [1.807, 2.05) is 84.9 Å². The molecule has 4 heterocycles. The van der Waals surface area contributed by atoms with E-state index in [4.69, 9.17) is 34.6 Å². The number of nitrogens with zero attached hydrogens (tertiary/aromatic N) is 7. The molecule has 8 nitrogen and oxygen atoms in total. The molecule has 0 N–H and O–H groups in total. The highest BCUT2D eigenvalue weighted by Gasteiger charge is 2.39. The summed E-state index contributed by atoms with van der Waals surface area (Å²) in [5.74, 6) is 4.26. The summed E-state index contributed by atoms with van der Waals surface area (Å²) < 4.78 is 8.88. The summed E-state index contributed by atoms with van der Waals surface area (Å²) in [5.41, 5.74) is 12.1. The van der Waals surface area contributed by atoms with Crippen molar-refractivity contribution in [3.63, 3.8) is 0 Å². The van der Waals surface area contributed by atoms with E-state index in [1.54, 1.807) is 0 Å². The quantitative estimate of drug-likeness (QED) is 0.150. The average molecular weight is 874 g/mol. The van der Waals surface area contributed by atoms with E-state index in [2.05, 4.69) is 144 Å². The second-order valence-electron chi connectivity index (χ2n) is 17.0. The molecule has 1 aliphatic heterocycles. The number of allylic oxidation sites excluding steroid dienone is 2. The maximum atomic E-state index is 6.71. The van der Waals surface area contributed by atoms with Crippen LogP contribution in [-0.2, 0) is 0 Å². The fourth-order valence-corrected chi connectivity index (χ4v) is 9.64. The number of hydrogen-bond donors (Lipinski definition) is 0. The monoisotopic (exact) mass is 873 g/mol. The first-order valence-corrected chi connectivity index (χ1v) is 22.8. The number of aromatic nitrogens is 7. The molecule has 0 amide bonds. The van der Waals surface area contributed by atoms with Crippen molar-refractivity contribution in [2.45, 2.75) is 12.0 Å². The van der Waals surface area contributed by atoms with Crippen LogP contribution in [0.25, 0.3) is 101 Å². The molecule has 0 bridgehead atoms. The smallest absolute Gasteiger partial charge is 0.238 e. The molecule has 2 atom stereocenters. The van der Waals surface area contributed by atoms with Crippen molar-refractivity contribution in [1.29, 1.82) is 0 Å². The normalized spacial score (nSPS) is 14.9. The zero-order valence-corrected chi connectivity index (χ0v) is 36.6. The first kappa shape index (κ1) is 39.2. The third-order valence-corrected chi connectivity index (χ3v) is 12.9. The molecule has 0 saturated carbocycles. The Balaban J connectivity index is 0.915. The van der Waals surface area contributed by atoms with Gasteiger partial charge in [-0.15, -0.1) is 0 Å². The number of hydrogen-bond acceptors (Lipinski definition) is 7. The van der Waals surface area contributed by atoms with Crippen molar-refractivity contribution in [3.05, 3.63) is 236 Å². The summed E-state index contributed by atoms with van der Waals surface area (Å²) in [7, 11) is 0. The maximum Gasteiger partial charge on any atom is 0.238 e. The first-order valence-electron chi connectivity index (χ1n) is 22.8. The molecule has 320 valence electrons. The van der Waals surface area contributed by atoms with Gasteiger partial charge in [-0.05, 0) is 64.7 Å². The van der Waals surface area contributed by atoms with Crippen molar-refractivity contribution in [1.82, 2.24) is 34.5 Å². The standard InChI is InChI=1S/C60H39N7O/c1-5-17-38(18-6-1)43-31-33-51-48(36-43)46-27-13-14-29-50(46)67(51)60-65-57(41-23-11-4-12-24-41)64-59(66-60)47-28-16-30-53-54(47)49-37-44(32-34-52(49)68-53)42-25-15-26-45(35-42)58-62-55(39-19-7-2-8-20-39)61-56(63-58)40-21-9-3-10-22-40/h1-37,53-54H. The predicted molar refractivity (Wildman–Crippen MR) is 271 cm³/mol. The lowest BCUT2D eigenvalue weighted by Gasteiger charge is -2.22. The van der Waals surface area contributed by atoms with Gasteiger partial charge < -0.3 is 4.74 Å². The molecule has 0 spiro atoms. The van der Waals surface area contributed by atoms with Gasteiger partial charge in [-0.2, -0.15) is 9.97 Å². The highest BCUT2D eigenvalue weighted by molar-refractivity contribution is 6.10. The van der Waals surface area contributed by atoms with Crippen molar-refractivity contribution < 1.29 is 4.74 Å². The number of ether oxygens (including phenoxy) is 1. The molecule has 3 aromatic heterocycles. The van der Waals surface area contributed by atoms with Crippen molar-refractivity contribution >= 4 is 27.4 Å². The third-order valence-electron chi connectivity index (χ3n) is 12.9. The minimum atomic E-state index is -0.241. The van der Waals surface area contributed by atoms with E-state index >= 15 is 0 Å².